The largest absolute Gasteiger partial charge is 0.493 e. The molecule has 0 aliphatic rings. The van der Waals surface area contributed by atoms with Crippen LogP contribution in [0.1, 0.15) is 10.4 Å². The number of carbonyl (C=O) groups is 1. The van der Waals surface area contributed by atoms with E-state index in [1.54, 1.807) is 70.0 Å². The molecule has 0 unspecified atom stereocenters. The standard InChI is InChI=1S/C22H21N5O4/c1-29-18-12-16(13-19(30-2)20(18)31-3)26-22-25-10-8-17(27-22)14-4-6-15(7-5-14)21(28)24-11-9-23/h4-8,10,12-13H,11H2,1-3H3,(H,24,28)(H,25,26,27). The Morgan fingerprint density at radius 1 is 1.03 bits per heavy atom. The summed E-state index contributed by atoms with van der Waals surface area (Å²) in [5.74, 6) is 1.57. The summed E-state index contributed by atoms with van der Waals surface area (Å²) < 4.78 is 16.1. The number of amides is 1. The molecule has 0 fully saturated rings. The third-order valence-corrected chi connectivity index (χ3v) is 4.35. The Morgan fingerprint density at radius 3 is 2.29 bits per heavy atom. The van der Waals surface area contributed by atoms with E-state index in [1.165, 1.54) is 0 Å². The Bertz CT molecular complexity index is 1080. The van der Waals surface area contributed by atoms with Gasteiger partial charge in [0.1, 0.15) is 6.54 Å². The molecular formula is C22H21N5O4. The van der Waals surface area contributed by atoms with Crippen LogP contribution < -0.4 is 24.8 Å². The number of nitrogens with zero attached hydrogens (tertiary/aromatic N) is 3. The van der Waals surface area contributed by atoms with Crippen LogP contribution in [0.3, 0.4) is 0 Å². The van der Waals surface area contributed by atoms with E-state index in [2.05, 4.69) is 20.6 Å². The van der Waals surface area contributed by atoms with Crippen molar-refractivity contribution in [2.75, 3.05) is 33.2 Å². The molecule has 31 heavy (non-hydrogen) atoms. The zero-order valence-electron chi connectivity index (χ0n) is 17.3. The fraction of sp³-hybridized carbons (Fsp3) is 0.182. The van der Waals surface area contributed by atoms with E-state index in [0.717, 1.165) is 5.56 Å². The number of rotatable bonds is 8. The van der Waals surface area contributed by atoms with Crippen molar-refractivity contribution in [3.05, 3.63) is 54.2 Å². The van der Waals surface area contributed by atoms with E-state index < -0.39 is 0 Å². The molecule has 0 aliphatic carbocycles. The predicted molar refractivity (Wildman–Crippen MR) is 115 cm³/mol. The molecule has 0 aliphatic heterocycles. The van der Waals surface area contributed by atoms with E-state index in [9.17, 15) is 4.79 Å². The van der Waals surface area contributed by atoms with E-state index in [-0.39, 0.29) is 12.5 Å². The van der Waals surface area contributed by atoms with Crippen LogP contribution in [0.25, 0.3) is 11.3 Å². The van der Waals surface area contributed by atoms with Crippen molar-refractivity contribution >= 4 is 17.5 Å². The number of hydrogen-bond acceptors (Lipinski definition) is 8. The van der Waals surface area contributed by atoms with E-state index in [0.29, 0.717) is 40.1 Å². The van der Waals surface area contributed by atoms with E-state index >= 15 is 0 Å². The highest BCUT2D eigenvalue weighted by molar-refractivity contribution is 5.94. The van der Waals surface area contributed by atoms with Crippen LogP contribution in [-0.2, 0) is 0 Å². The SMILES string of the molecule is COc1cc(Nc2nccc(-c3ccc(C(=O)NCC#N)cc3)n2)cc(OC)c1OC. The maximum atomic E-state index is 11.9. The number of carbonyl (C=O) groups excluding carboxylic acids is 1. The second kappa shape index (κ2) is 9.93. The summed E-state index contributed by atoms with van der Waals surface area (Å²) in [6, 6.07) is 14.1. The lowest BCUT2D eigenvalue weighted by molar-refractivity contribution is 0.0958. The zero-order chi connectivity index (χ0) is 22.2. The molecule has 0 atom stereocenters. The van der Waals surface area contributed by atoms with Gasteiger partial charge in [-0.15, -0.1) is 0 Å². The number of anilines is 2. The summed E-state index contributed by atoms with van der Waals surface area (Å²) >= 11 is 0. The molecule has 3 rings (SSSR count). The fourth-order valence-electron chi connectivity index (χ4n) is 2.88. The van der Waals surface area contributed by atoms with Crippen LogP contribution in [0, 0.1) is 11.3 Å². The molecule has 3 aromatic rings. The van der Waals surface area contributed by atoms with Crippen LogP contribution in [0.2, 0.25) is 0 Å². The third kappa shape index (κ3) is 5.00. The molecular weight excluding hydrogens is 398 g/mol. The first kappa shape index (κ1) is 21.4. The minimum atomic E-state index is -0.305. The van der Waals surface area contributed by atoms with E-state index in [4.69, 9.17) is 19.5 Å². The Hall–Kier alpha value is -4.32. The molecule has 0 bridgehead atoms. The minimum Gasteiger partial charge on any atom is -0.493 e. The second-order valence-corrected chi connectivity index (χ2v) is 6.22. The summed E-state index contributed by atoms with van der Waals surface area (Å²) in [6.07, 6.45) is 1.64. The number of benzene rings is 2. The zero-order valence-corrected chi connectivity index (χ0v) is 17.3. The summed E-state index contributed by atoms with van der Waals surface area (Å²) in [4.78, 5) is 20.7. The minimum absolute atomic E-state index is 0.0392. The molecule has 158 valence electrons. The van der Waals surface area contributed by atoms with Crippen molar-refractivity contribution in [2.24, 2.45) is 0 Å². The van der Waals surface area contributed by atoms with Crippen molar-refractivity contribution in [1.82, 2.24) is 15.3 Å². The first-order valence-electron chi connectivity index (χ1n) is 9.25. The van der Waals surface area contributed by atoms with Gasteiger partial charge in [0, 0.05) is 35.1 Å². The third-order valence-electron chi connectivity index (χ3n) is 4.35. The second-order valence-electron chi connectivity index (χ2n) is 6.22. The average Bonchev–Trinajstić information content (AvgIpc) is 2.82. The molecule has 9 nitrogen and oxygen atoms in total. The van der Waals surface area contributed by atoms with Gasteiger partial charge >= 0.3 is 0 Å². The molecule has 1 heterocycles. The monoisotopic (exact) mass is 419 g/mol. The Labute approximate surface area is 179 Å². The van der Waals surface area contributed by atoms with Crippen LogP contribution in [0.5, 0.6) is 17.2 Å². The topological polar surface area (TPSA) is 118 Å². The van der Waals surface area contributed by atoms with Gasteiger partial charge in [-0.05, 0) is 18.2 Å². The van der Waals surface area contributed by atoms with Gasteiger partial charge in [0.25, 0.3) is 5.91 Å². The first-order chi connectivity index (χ1) is 15.1. The number of ether oxygens (including phenoxy) is 3. The van der Waals surface area contributed by atoms with Gasteiger partial charge in [-0.1, -0.05) is 12.1 Å². The van der Waals surface area contributed by atoms with Crippen molar-refractivity contribution in [3.8, 4) is 34.6 Å². The Morgan fingerprint density at radius 2 is 1.71 bits per heavy atom. The van der Waals surface area contributed by atoms with Gasteiger partial charge in [-0.3, -0.25) is 4.79 Å². The molecule has 0 spiro atoms. The fourth-order valence-corrected chi connectivity index (χ4v) is 2.88. The van der Waals surface area contributed by atoms with Gasteiger partial charge in [-0.25, -0.2) is 9.97 Å². The summed E-state index contributed by atoms with van der Waals surface area (Å²) in [6.45, 7) is -0.0392. The number of nitriles is 1. The quantitative estimate of drug-likeness (QED) is 0.535. The Balaban J connectivity index is 1.83. The predicted octanol–water partition coefficient (Wildman–Crippen LogP) is 3.17. The lowest BCUT2D eigenvalue weighted by atomic mass is 10.1. The van der Waals surface area contributed by atoms with Crippen molar-refractivity contribution in [3.63, 3.8) is 0 Å². The summed E-state index contributed by atoms with van der Waals surface area (Å²) in [7, 11) is 4.63. The van der Waals surface area contributed by atoms with Gasteiger partial charge in [0.05, 0.1) is 33.1 Å². The molecule has 0 saturated carbocycles. The van der Waals surface area contributed by atoms with Crippen LogP contribution in [0.15, 0.2) is 48.7 Å². The van der Waals surface area contributed by atoms with Gasteiger partial charge in [-0.2, -0.15) is 5.26 Å². The lowest BCUT2D eigenvalue weighted by Crippen LogP contribution is -2.23. The number of methoxy groups -OCH3 is 3. The van der Waals surface area contributed by atoms with Crippen LogP contribution >= 0.6 is 0 Å². The smallest absolute Gasteiger partial charge is 0.252 e. The highest BCUT2D eigenvalue weighted by Gasteiger charge is 2.14. The normalized spacial score (nSPS) is 10.0. The van der Waals surface area contributed by atoms with E-state index in [1.807, 2.05) is 6.07 Å². The van der Waals surface area contributed by atoms with Crippen molar-refractivity contribution in [1.29, 1.82) is 5.26 Å². The molecule has 0 saturated heterocycles. The number of nitrogens with one attached hydrogen (secondary N) is 2. The highest BCUT2D eigenvalue weighted by Crippen LogP contribution is 2.40. The molecule has 1 amide bonds. The van der Waals surface area contributed by atoms with Gasteiger partial charge in [0.2, 0.25) is 11.7 Å². The van der Waals surface area contributed by atoms with Gasteiger partial charge in [0.15, 0.2) is 11.5 Å². The van der Waals surface area contributed by atoms with Crippen LogP contribution in [0.4, 0.5) is 11.6 Å². The van der Waals surface area contributed by atoms with Gasteiger partial charge < -0.3 is 24.8 Å². The first-order valence-corrected chi connectivity index (χ1v) is 9.25. The maximum Gasteiger partial charge on any atom is 0.252 e. The maximum absolute atomic E-state index is 11.9. The van der Waals surface area contributed by atoms with Crippen molar-refractivity contribution in [2.45, 2.75) is 0 Å². The van der Waals surface area contributed by atoms with Crippen LogP contribution in [-0.4, -0.2) is 43.7 Å². The summed E-state index contributed by atoms with van der Waals surface area (Å²) in [5.41, 5.74) is 2.61. The number of aromatic nitrogens is 2. The molecule has 1 aromatic heterocycles. The highest BCUT2D eigenvalue weighted by atomic mass is 16.5. The average molecular weight is 419 g/mol. The molecule has 9 heteroatoms. The number of hydrogen-bond donors (Lipinski definition) is 2. The molecule has 0 radical (unpaired) electrons. The molecule has 2 N–H and O–H groups in total. The molecule has 2 aromatic carbocycles. The summed E-state index contributed by atoms with van der Waals surface area (Å²) in [5, 5.41) is 14.2. The lowest BCUT2D eigenvalue weighted by Gasteiger charge is -2.14. The Kier molecular flexibility index (Phi) is 6.85. The van der Waals surface area contributed by atoms with Crippen molar-refractivity contribution < 1.29 is 19.0 Å².